The minimum absolute atomic E-state index is 0.0534. The highest BCUT2D eigenvalue weighted by atomic mass is 16.2. The third-order valence-corrected chi connectivity index (χ3v) is 4.79. The van der Waals surface area contributed by atoms with Gasteiger partial charge in [-0.2, -0.15) is 0 Å². The van der Waals surface area contributed by atoms with Crippen LogP contribution >= 0.6 is 0 Å². The summed E-state index contributed by atoms with van der Waals surface area (Å²) in [5.74, 6) is -0.195. The van der Waals surface area contributed by atoms with Gasteiger partial charge in [0, 0.05) is 36.6 Å². The number of hydrogen-bond acceptors (Lipinski definition) is 3. The predicted molar refractivity (Wildman–Crippen MR) is 116 cm³/mol. The van der Waals surface area contributed by atoms with Crippen molar-refractivity contribution in [1.29, 1.82) is 0 Å². The molecule has 0 atom stereocenters. The van der Waals surface area contributed by atoms with Gasteiger partial charge >= 0.3 is 0 Å². The third-order valence-electron chi connectivity index (χ3n) is 4.79. The highest BCUT2D eigenvalue weighted by molar-refractivity contribution is 6.37. The van der Waals surface area contributed by atoms with Crippen LogP contribution in [0.15, 0.2) is 78.9 Å². The number of nitrogens with zero attached hydrogens (tertiary/aromatic N) is 1. The van der Waals surface area contributed by atoms with Gasteiger partial charge in [-0.3, -0.25) is 9.59 Å². The van der Waals surface area contributed by atoms with Crippen LogP contribution in [0.4, 0.5) is 11.4 Å². The van der Waals surface area contributed by atoms with E-state index in [2.05, 4.69) is 10.6 Å². The molecule has 0 spiro atoms. The van der Waals surface area contributed by atoms with Crippen molar-refractivity contribution in [1.82, 2.24) is 4.90 Å². The molecule has 5 nitrogen and oxygen atoms in total. The second-order valence-corrected chi connectivity index (χ2v) is 7.02. The van der Waals surface area contributed by atoms with Crippen LogP contribution in [0, 0.1) is 0 Å². The van der Waals surface area contributed by atoms with Gasteiger partial charge in [-0.25, -0.2) is 0 Å². The van der Waals surface area contributed by atoms with Crippen molar-refractivity contribution in [2.75, 3.05) is 24.7 Å². The van der Waals surface area contributed by atoms with Crippen LogP contribution in [0.25, 0.3) is 11.3 Å². The van der Waals surface area contributed by atoms with Crippen LogP contribution in [0.1, 0.15) is 21.5 Å². The molecule has 1 aliphatic rings. The van der Waals surface area contributed by atoms with Gasteiger partial charge in [0.05, 0.1) is 11.3 Å². The van der Waals surface area contributed by atoms with Crippen molar-refractivity contribution >= 4 is 34.5 Å². The number of rotatable bonds is 4. The van der Waals surface area contributed by atoms with E-state index in [0.29, 0.717) is 11.1 Å². The number of fused-ring (bicyclic) bond motifs is 1. The fourth-order valence-corrected chi connectivity index (χ4v) is 3.35. The maximum atomic E-state index is 12.8. The van der Waals surface area contributed by atoms with Crippen LogP contribution < -0.4 is 10.6 Å². The van der Waals surface area contributed by atoms with Gasteiger partial charge in [0.1, 0.15) is 0 Å². The Balaban J connectivity index is 1.78. The molecule has 0 aliphatic carbocycles. The molecule has 4 rings (SSSR count). The Labute approximate surface area is 169 Å². The molecule has 0 aromatic heterocycles. The van der Waals surface area contributed by atoms with Crippen molar-refractivity contribution in [3.05, 3.63) is 95.6 Å². The van der Waals surface area contributed by atoms with Gasteiger partial charge in [-0.15, -0.1) is 0 Å². The maximum Gasteiger partial charge on any atom is 0.258 e. The van der Waals surface area contributed by atoms with Crippen molar-refractivity contribution in [2.24, 2.45) is 0 Å². The number of carbonyl (C=O) groups excluding carboxylic acids is 2. The average molecular weight is 383 g/mol. The smallest absolute Gasteiger partial charge is 0.258 e. The van der Waals surface area contributed by atoms with Gasteiger partial charge in [0.2, 0.25) is 0 Å². The highest BCUT2D eigenvalue weighted by Gasteiger charge is 2.28. The van der Waals surface area contributed by atoms with Gasteiger partial charge in [0.25, 0.3) is 11.8 Å². The lowest BCUT2D eigenvalue weighted by atomic mass is 10.00. The summed E-state index contributed by atoms with van der Waals surface area (Å²) in [6.07, 6.45) is 0. The molecule has 29 heavy (non-hydrogen) atoms. The summed E-state index contributed by atoms with van der Waals surface area (Å²) >= 11 is 0. The highest BCUT2D eigenvalue weighted by Crippen LogP contribution is 2.37. The Morgan fingerprint density at radius 3 is 2.17 bits per heavy atom. The second-order valence-electron chi connectivity index (χ2n) is 7.02. The summed E-state index contributed by atoms with van der Waals surface area (Å²) in [5.41, 5.74) is 5.29. The monoisotopic (exact) mass is 383 g/mol. The molecular formula is C24H21N3O2. The lowest BCUT2D eigenvalue weighted by molar-refractivity contribution is -0.110. The van der Waals surface area contributed by atoms with Crippen LogP contribution in [0.3, 0.4) is 0 Å². The average Bonchev–Trinajstić information content (AvgIpc) is 3.08. The predicted octanol–water partition coefficient (Wildman–Crippen LogP) is 4.32. The van der Waals surface area contributed by atoms with E-state index in [1.165, 1.54) is 0 Å². The number of anilines is 2. The molecule has 0 radical (unpaired) electrons. The van der Waals surface area contributed by atoms with Crippen LogP contribution in [0.2, 0.25) is 0 Å². The number of carbonyl (C=O) groups is 2. The fourth-order valence-electron chi connectivity index (χ4n) is 3.35. The molecule has 1 heterocycles. The number of nitrogens with one attached hydrogen (secondary N) is 2. The number of hydrogen-bond donors (Lipinski definition) is 2. The van der Waals surface area contributed by atoms with Crippen LogP contribution in [0.5, 0.6) is 0 Å². The Kier molecular flexibility index (Phi) is 4.87. The van der Waals surface area contributed by atoms with Crippen molar-refractivity contribution in [3.63, 3.8) is 0 Å². The zero-order valence-electron chi connectivity index (χ0n) is 16.3. The van der Waals surface area contributed by atoms with E-state index >= 15 is 0 Å². The quantitative estimate of drug-likeness (QED) is 0.660. The van der Waals surface area contributed by atoms with Crippen LogP contribution in [-0.2, 0) is 4.79 Å². The molecule has 144 valence electrons. The second kappa shape index (κ2) is 7.64. The summed E-state index contributed by atoms with van der Waals surface area (Å²) in [7, 11) is 3.45. The normalized spacial score (nSPS) is 14.1. The standard InChI is InChI=1S/C24H21N3O2/c1-27(2)24(29)17-12-14-18(15-13-17)25-22(16-8-4-3-5-9-16)21-19-10-6-7-11-20(19)26-23(21)28/h3-15,25H,1-2H3,(H,26,28). The maximum absolute atomic E-state index is 12.8. The fraction of sp³-hybridized carbons (Fsp3) is 0.0833. The first-order valence-corrected chi connectivity index (χ1v) is 9.34. The van der Waals surface area contributed by atoms with E-state index in [-0.39, 0.29) is 11.8 Å². The van der Waals surface area contributed by atoms with E-state index in [4.69, 9.17) is 0 Å². The number of benzene rings is 3. The molecule has 0 bridgehead atoms. The van der Waals surface area contributed by atoms with Gasteiger partial charge in [-0.1, -0.05) is 48.5 Å². The molecule has 3 aromatic carbocycles. The Bertz CT molecular complexity index is 1100. The minimum Gasteiger partial charge on any atom is -0.354 e. The lowest BCUT2D eigenvalue weighted by Crippen LogP contribution is -2.21. The molecule has 0 unspecified atom stereocenters. The zero-order chi connectivity index (χ0) is 20.4. The molecule has 0 saturated heterocycles. The summed E-state index contributed by atoms with van der Waals surface area (Å²) in [6.45, 7) is 0. The van der Waals surface area contributed by atoms with Crippen LogP contribution in [-0.4, -0.2) is 30.8 Å². The topological polar surface area (TPSA) is 61.4 Å². The van der Waals surface area contributed by atoms with E-state index < -0.39 is 0 Å². The molecular weight excluding hydrogens is 362 g/mol. The van der Waals surface area contributed by atoms with Gasteiger partial charge in [0.15, 0.2) is 0 Å². The first-order chi connectivity index (χ1) is 14.0. The van der Waals surface area contributed by atoms with Gasteiger partial charge < -0.3 is 15.5 Å². The van der Waals surface area contributed by atoms with Crippen molar-refractivity contribution in [2.45, 2.75) is 0 Å². The summed E-state index contributed by atoms with van der Waals surface area (Å²) in [4.78, 5) is 26.5. The zero-order valence-corrected chi connectivity index (χ0v) is 16.3. The summed E-state index contributed by atoms with van der Waals surface area (Å²) < 4.78 is 0. The molecule has 1 aliphatic heterocycles. The third kappa shape index (κ3) is 3.62. The van der Waals surface area contributed by atoms with Crippen molar-refractivity contribution < 1.29 is 9.59 Å². The number of amides is 2. The molecule has 0 saturated carbocycles. The number of para-hydroxylation sites is 1. The van der Waals surface area contributed by atoms with Crippen molar-refractivity contribution in [3.8, 4) is 0 Å². The molecule has 0 fully saturated rings. The summed E-state index contributed by atoms with van der Waals surface area (Å²) in [5, 5.41) is 6.33. The van der Waals surface area contributed by atoms with E-state index in [1.54, 1.807) is 31.1 Å². The first kappa shape index (κ1) is 18.5. The molecule has 3 aromatic rings. The van der Waals surface area contributed by atoms with Gasteiger partial charge in [-0.05, 0) is 35.9 Å². The summed E-state index contributed by atoms with van der Waals surface area (Å²) in [6, 6.07) is 24.7. The molecule has 2 amide bonds. The first-order valence-electron chi connectivity index (χ1n) is 9.34. The Morgan fingerprint density at radius 1 is 0.828 bits per heavy atom. The molecule has 5 heteroatoms. The minimum atomic E-state index is -0.142. The van der Waals surface area contributed by atoms with E-state index in [0.717, 1.165) is 28.2 Å². The Morgan fingerprint density at radius 2 is 1.48 bits per heavy atom. The largest absolute Gasteiger partial charge is 0.354 e. The lowest BCUT2D eigenvalue weighted by Gasteiger charge is -2.15. The van der Waals surface area contributed by atoms with E-state index in [1.807, 2.05) is 66.7 Å². The Hall–Kier alpha value is -3.86. The van der Waals surface area contributed by atoms with E-state index in [9.17, 15) is 9.59 Å². The molecule has 2 N–H and O–H groups in total. The SMILES string of the molecule is CN(C)C(=O)c1ccc(NC(=C2C(=O)Nc3ccccc32)c2ccccc2)cc1.